The Morgan fingerprint density at radius 2 is 2.33 bits per heavy atom. The Bertz CT molecular complexity index is 597. The van der Waals surface area contributed by atoms with E-state index in [-0.39, 0.29) is 0 Å². The third-order valence-electron chi connectivity index (χ3n) is 2.25. The minimum Gasteiger partial charge on any atom is -0.358 e. The second-order valence-corrected chi connectivity index (χ2v) is 4.00. The SMILES string of the molecule is Brc1cnc(-n2cccn2)c2[nH]ccc12. The van der Waals surface area contributed by atoms with Gasteiger partial charge in [-0.05, 0) is 28.1 Å². The van der Waals surface area contributed by atoms with Gasteiger partial charge in [0, 0.05) is 34.6 Å². The Labute approximate surface area is 94.1 Å². The lowest BCUT2D eigenvalue weighted by Gasteiger charge is -2.02. The lowest BCUT2D eigenvalue weighted by Crippen LogP contribution is -1.98. The van der Waals surface area contributed by atoms with Crippen LogP contribution in [0.1, 0.15) is 0 Å². The molecule has 0 radical (unpaired) electrons. The molecule has 0 saturated heterocycles. The summed E-state index contributed by atoms with van der Waals surface area (Å²) >= 11 is 3.46. The summed E-state index contributed by atoms with van der Waals surface area (Å²) in [6.45, 7) is 0. The molecule has 0 aliphatic carbocycles. The topological polar surface area (TPSA) is 46.5 Å². The monoisotopic (exact) mass is 262 g/mol. The summed E-state index contributed by atoms with van der Waals surface area (Å²) in [7, 11) is 0. The number of fused-ring (bicyclic) bond motifs is 1. The summed E-state index contributed by atoms with van der Waals surface area (Å²) in [5, 5.41) is 5.27. The van der Waals surface area contributed by atoms with E-state index < -0.39 is 0 Å². The van der Waals surface area contributed by atoms with Gasteiger partial charge in [0.15, 0.2) is 5.82 Å². The van der Waals surface area contributed by atoms with Crippen LogP contribution in [0.15, 0.2) is 41.4 Å². The minimum absolute atomic E-state index is 0.809. The predicted molar refractivity (Wildman–Crippen MR) is 60.9 cm³/mol. The van der Waals surface area contributed by atoms with Crippen LogP contribution in [0.25, 0.3) is 16.7 Å². The molecule has 3 heterocycles. The Kier molecular flexibility index (Phi) is 1.85. The highest BCUT2D eigenvalue weighted by molar-refractivity contribution is 9.10. The summed E-state index contributed by atoms with van der Waals surface area (Å²) in [5.74, 6) is 0.809. The predicted octanol–water partition coefficient (Wildman–Crippen LogP) is 2.51. The van der Waals surface area contributed by atoms with Crippen molar-refractivity contribution in [2.45, 2.75) is 0 Å². The van der Waals surface area contributed by atoms with E-state index in [1.165, 1.54) is 0 Å². The highest BCUT2D eigenvalue weighted by atomic mass is 79.9. The molecule has 15 heavy (non-hydrogen) atoms. The first-order valence-corrected chi connectivity index (χ1v) is 5.27. The normalized spacial score (nSPS) is 11.0. The fraction of sp³-hybridized carbons (Fsp3) is 0. The summed E-state index contributed by atoms with van der Waals surface area (Å²) in [6, 6.07) is 3.88. The average Bonchev–Trinajstić information content (AvgIpc) is 2.88. The van der Waals surface area contributed by atoms with Crippen molar-refractivity contribution < 1.29 is 0 Å². The molecule has 4 nitrogen and oxygen atoms in total. The first-order chi connectivity index (χ1) is 7.36. The molecular weight excluding hydrogens is 256 g/mol. The number of pyridine rings is 1. The zero-order chi connectivity index (χ0) is 10.3. The lowest BCUT2D eigenvalue weighted by atomic mass is 10.3. The van der Waals surface area contributed by atoms with Crippen LogP contribution < -0.4 is 0 Å². The van der Waals surface area contributed by atoms with Crippen molar-refractivity contribution in [1.82, 2.24) is 19.7 Å². The van der Waals surface area contributed by atoms with E-state index in [0.29, 0.717) is 0 Å². The third kappa shape index (κ3) is 1.27. The van der Waals surface area contributed by atoms with Gasteiger partial charge in [0.25, 0.3) is 0 Å². The molecule has 1 N–H and O–H groups in total. The first-order valence-electron chi connectivity index (χ1n) is 4.48. The smallest absolute Gasteiger partial charge is 0.177 e. The summed E-state index contributed by atoms with van der Waals surface area (Å²) in [6.07, 6.45) is 7.28. The van der Waals surface area contributed by atoms with Crippen LogP contribution >= 0.6 is 15.9 Å². The Morgan fingerprint density at radius 1 is 1.40 bits per heavy atom. The van der Waals surface area contributed by atoms with Crippen molar-refractivity contribution in [3.8, 4) is 5.82 Å². The second-order valence-electron chi connectivity index (χ2n) is 3.15. The van der Waals surface area contributed by atoms with Crippen molar-refractivity contribution in [1.29, 1.82) is 0 Å². The van der Waals surface area contributed by atoms with E-state index in [2.05, 4.69) is 31.0 Å². The average molecular weight is 263 g/mol. The standard InChI is InChI=1S/C10H7BrN4/c11-8-6-13-10(15-5-1-3-14-15)9-7(8)2-4-12-9/h1-6,12H. The van der Waals surface area contributed by atoms with Crippen LogP contribution in [-0.2, 0) is 0 Å². The number of halogens is 1. The fourth-order valence-corrected chi connectivity index (χ4v) is 2.01. The molecule has 5 heteroatoms. The molecule has 3 aromatic heterocycles. The highest BCUT2D eigenvalue weighted by Gasteiger charge is 2.08. The zero-order valence-corrected chi connectivity index (χ0v) is 9.27. The molecule has 0 aliphatic heterocycles. The van der Waals surface area contributed by atoms with Gasteiger partial charge in [0.1, 0.15) is 0 Å². The van der Waals surface area contributed by atoms with E-state index in [0.717, 1.165) is 21.2 Å². The summed E-state index contributed by atoms with van der Waals surface area (Å²) in [4.78, 5) is 7.51. The Morgan fingerprint density at radius 3 is 3.13 bits per heavy atom. The molecule has 0 aromatic carbocycles. The molecule has 0 unspecified atom stereocenters. The molecular formula is C10H7BrN4. The molecule has 0 bridgehead atoms. The first kappa shape index (κ1) is 8.67. The van der Waals surface area contributed by atoms with Crippen LogP contribution in [-0.4, -0.2) is 19.7 Å². The number of hydrogen-bond acceptors (Lipinski definition) is 2. The van der Waals surface area contributed by atoms with Gasteiger partial charge in [0.05, 0.1) is 5.52 Å². The lowest BCUT2D eigenvalue weighted by molar-refractivity contribution is 0.853. The number of nitrogens with one attached hydrogen (secondary N) is 1. The molecule has 0 amide bonds. The fourth-order valence-electron chi connectivity index (χ4n) is 1.57. The van der Waals surface area contributed by atoms with Crippen LogP contribution in [0, 0.1) is 0 Å². The molecule has 3 rings (SSSR count). The van der Waals surface area contributed by atoms with Gasteiger partial charge in [-0.1, -0.05) is 0 Å². The van der Waals surface area contributed by atoms with E-state index >= 15 is 0 Å². The number of aromatic nitrogens is 4. The van der Waals surface area contributed by atoms with E-state index in [4.69, 9.17) is 0 Å². The maximum Gasteiger partial charge on any atom is 0.177 e. The minimum atomic E-state index is 0.809. The zero-order valence-electron chi connectivity index (χ0n) is 7.68. The van der Waals surface area contributed by atoms with Crippen molar-refractivity contribution in [2.75, 3.05) is 0 Å². The van der Waals surface area contributed by atoms with Gasteiger partial charge in [0.2, 0.25) is 0 Å². The van der Waals surface area contributed by atoms with Crippen LogP contribution in [0.5, 0.6) is 0 Å². The van der Waals surface area contributed by atoms with Crippen LogP contribution in [0.4, 0.5) is 0 Å². The van der Waals surface area contributed by atoms with Crippen molar-refractivity contribution in [3.63, 3.8) is 0 Å². The Balaban J connectivity index is 2.37. The Hall–Kier alpha value is -1.62. The summed E-state index contributed by atoms with van der Waals surface area (Å²) in [5.41, 5.74) is 0.980. The maximum atomic E-state index is 4.34. The highest BCUT2D eigenvalue weighted by Crippen LogP contribution is 2.25. The number of aromatic amines is 1. The van der Waals surface area contributed by atoms with Gasteiger partial charge in [-0.25, -0.2) is 9.67 Å². The van der Waals surface area contributed by atoms with Crippen molar-refractivity contribution >= 4 is 26.8 Å². The van der Waals surface area contributed by atoms with Gasteiger partial charge in [-0.3, -0.25) is 0 Å². The molecule has 74 valence electrons. The number of nitrogens with zero attached hydrogens (tertiary/aromatic N) is 3. The molecule has 0 atom stereocenters. The van der Waals surface area contributed by atoms with E-state index in [1.54, 1.807) is 17.1 Å². The molecule has 0 spiro atoms. The van der Waals surface area contributed by atoms with Gasteiger partial charge in [-0.2, -0.15) is 5.10 Å². The maximum absolute atomic E-state index is 4.34. The van der Waals surface area contributed by atoms with E-state index in [9.17, 15) is 0 Å². The molecule has 0 aliphatic rings. The molecule has 3 aromatic rings. The van der Waals surface area contributed by atoms with Crippen molar-refractivity contribution in [2.24, 2.45) is 0 Å². The van der Waals surface area contributed by atoms with E-state index in [1.807, 2.05) is 24.5 Å². The number of rotatable bonds is 1. The second kappa shape index (κ2) is 3.20. The van der Waals surface area contributed by atoms with Gasteiger partial charge >= 0.3 is 0 Å². The molecule has 0 fully saturated rings. The largest absolute Gasteiger partial charge is 0.358 e. The number of hydrogen-bond donors (Lipinski definition) is 1. The molecule has 0 saturated carbocycles. The van der Waals surface area contributed by atoms with Gasteiger partial charge < -0.3 is 4.98 Å². The summed E-state index contributed by atoms with van der Waals surface area (Å²) < 4.78 is 2.72. The van der Waals surface area contributed by atoms with Crippen molar-refractivity contribution in [3.05, 3.63) is 41.4 Å². The van der Waals surface area contributed by atoms with Gasteiger partial charge in [-0.15, -0.1) is 0 Å². The van der Waals surface area contributed by atoms with Crippen LogP contribution in [0.3, 0.4) is 0 Å². The van der Waals surface area contributed by atoms with Crippen LogP contribution in [0.2, 0.25) is 0 Å². The quantitative estimate of drug-likeness (QED) is 0.733. The third-order valence-corrected chi connectivity index (χ3v) is 2.88. The number of H-pyrrole nitrogens is 1.